The summed E-state index contributed by atoms with van der Waals surface area (Å²) in [6.45, 7) is 13.0. The molecule has 0 aromatic heterocycles. The summed E-state index contributed by atoms with van der Waals surface area (Å²) < 4.78 is 10.8. The highest BCUT2D eigenvalue weighted by Crippen LogP contribution is 2.16. The lowest BCUT2D eigenvalue weighted by Crippen LogP contribution is -2.61. The van der Waals surface area contributed by atoms with Gasteiger partial charge in [0.25, 0.3) is 0 Å². The van der Waals surface area contributed by atoms with E-state index in [0.717, 1.165) is 0 Å². The number of nitrogens with zero attached hydrogens (tertiary/aromatic N) is 5. The molecule has 1 fully saturated rings. The van der Waals surface area contributed by atoms with Gasteiger partial charge in [-0.25, -0.2) is 19.3 Å². The predicted molar refractivity (Wildman–Crippen MR) is 109 cm³/mol. The van der Waals surface area contributed by atoms with E-state index in [0.29, 0.717) is 6.42 Å². The van der Waals surface area contributed by atoms with Crippen LogP contribution in [0.2, 0.25) is 0 Å². The molecule has 0 unspecified atom stereocenters. The van der Waals surface area contributed by atoms with Crippen LogP contribution >= 0.6 is 0 Å². The SMILES string of the molecule is CCCN(C(=O)OC(C)(C)C)/C(=N/C(=O)OC(C)(C)C)N1CN(C)C(=O)N(C)C1. The largest absolute Gasteiger partial charge is 0.443 e. The molecule has 1 rings (SSSR count). The van der Waals surface area contributed by atoms with Crippen LogP contribution in [0.4, 0.5) is 14.4 Å². The van der Waals surface area contributed by atoms with E-state index in [1.165, 1.54) is 14.7 Å². The molecule has 0 spiro atoms. The van der Waals surface area contributed by atoms with E-state index in [9.17, 15) is 14.4 Å². The molecule has 0 aromatic rings. The molecule has 1 heterocycles. The molecule has 4 amide bonds. The minimum atomic E-state index is -0.820. The standard InChI is InChI=1S/C19H35N5O5/c1-10-11-24(17(27)29-19(5,6)7)14(20-15(25)28-18(2,3)4)23-12-21(8)16(26)22(9)13-23/h10-13H2,1-9H3/b20-14+. The van der Waals surface area contributed by atoms with Gasteiger partial charge in [0.05, 0.1) is 13.3 Å². The van der Waals surface area contributed by atoms with Crippen molar-refractivity contribution in [2.75, 3.05) is 34.0 Å². The quantitative estimate of drug-likeness (QED) is 0.510. The number of amides is 4. The van der Waals surface area contributed by atoms with Crippen LogP contribution in [0.25, 0.3) is 0 Å². The molecule has 0 N–H and O–H groups in total. The Labute approximate surface area is 173 Å². The molecule has 1 saturated heterocycles. The molecular weight excluding hydrogens is 378 g/mol. The Kier molecular flexibility index (Phi) is 7.88. The summed E-state index contributed by atoms with van der Waals surface area (Å²) in [6, 6.07) is -0.169. The van der Waals surface area contributed by atoms with Gasteiger partial charge in [-0.1, -0.05) is 6.92 Å². The molecule has 10 heteroatoms. The van der Waals surface area contributed by atoms with E-state index in [-0.39, 0.29) is 31.9 Å². The zero-order valence-electron chi connectivity index (χ0n) is 19.1. The van der Waals surface area contributed by atoms with Crippen LogP contribution in [0.1, 0.15) is 54.9 Å². The Balaban J connectivity index is 3.34. The molecular formula is C19H35N5O5. The summed E-state index contributed by atoms with van der Waals surface area (Å²) in [5, 5.41) is 0. The lowest BCUT2D eigenvalue weighted by molar-refractivity contribution is 0.0313. The lowest BCUT2D eigenvalue weighted by atomic mass is 10.2. The zero-order valence-corrected chi connectivity index (χ0v) is 19.1. The van der Waals surface area contributed by atoms with Gasteiger partial charge >= 0.3 is 18.2 Å². The van der Waals surface area contributed by atoms with Crippen molar-refractivity contribution >= 4 is 24.2 Å². The van der Waals surface area contributed by atoms with E-state index in [1.807, 2.05) is 6.92 Å². The predicted octanol–water partition coefficient (Wildman–Crippen LogP) is 3.14. The van der Waals surface area contributed by atoms with Crippen molar-refractivity contribution in [3.63, 3.8) is 0 Å². The number of urea groups is 1. The first-order valence-corrected chi connectivity index (χ1v) is 9.68. The third-order valence-corrected chi connectivity index (χ3v) is 3.59. The number of carbonyl (C=O) groups excluding carboxylic acids is 3. The van der Waals surface area contributed by atoms with Gasteiger partial charge in [0, 0.05) is 20.6 Å². The van der Waals surface area contributed by atoms with E-state index in [2.05, 4.69) is 4.99 Å². The topological polar surface area (TPSA) is 95.0 Å². The van der Waals surface area contributed by atoms with Crippen molar-refractivity contribution in [2.24, 2.45) is 4.99 Å². The normalized spacial score (nSPS) is 16.1. The summed E-state index contributed by atoms with van der Waals surface area (Å²) in [5.41, 5.74) is -1.45. The number of rotatable bonds is 2. The van der Waals surface area contributed by atoms with Gasteiger partial charge in [-0.05, 0) is 48.0 Å². The molecule has 0 saturated carbocycles. The fraction of sp³-hybridized carbons (Fsp3) is 0.789. The highest BCUT2D eigenvalue weighted by atomic mass is 16.6. The number of hydrogen-bond acceptors (Lipinski definition) is 5. The first kappa shape index (κ1) is 24.5. The maximum Gasteiger partial charge on any atom is 0.437 e. The molecule has 0 bridgehead atoms. The second-order valence-electron chi connectivity index (χ2n) is 9.03. The highest BCUT2D eigenvalue weighted by Gasteiger charge is 2.34. The molecule has 166 valence electrons. The van der Waals surface area contributed by atoms with E-state index in [4.69, 9.17) is 9.47 Å². The lowest BCUT2D eigenvalue weighted by Gasteiger charge is -2.42. The van der Waals surface area contributed by atoms with Crippen LogP contribution in [0.15, 0.2) is 4.99 Å². The minimum Gasteiger partial charge on any atom is -0.443 e. The summed E-state index contributed by atoms with van der Waals surface area (Å²) >= 11 is 0. The van der Waals surface area contributed by atoms with Crippen LogP contribution in [0, 0.1) is 0 Å². The summed E-state index contributed by atoms with van der Waals surface area (Å²) in [4.78, 5) is 47.4. The van der Waals surface area contributed by atoms with Crippen molar-refractivity contribution in [2.45, 2.75) is 66.1 Å². The third kappa shape index (κ3) is 7.78. The van der Waals surface area contributed by atoms with Gasteiger partial charge in [0.15, 0.2) is 0 Å². The maximum atomic E-state index is 12.9. The van der Waals surface area contributed by atoms with Crippen LogP contribution in [-0.4, -0.2) is 89.0 Å². The second kappa shape index (κ2) is 9.32. The van der Waals surface area contributed by atoms with Gasteiger partial charge in [-0.15, -0.1) is 4.99 Å². The summed E-state index contributed by atoms with van der Waals surface area (Å²) in [6.07, 6.45) is -0.825. The monoisotopic (exact) mass is 413 g/mol. The molecule has 0 atom stereocenters. The van der Waals surface area contributed by atoms with E-state index < -0.39 is 23.4 Å². The van der Waals surface area contributed by atoms with Crippen molar-refractivity contribution in [1.82, 2.24) is 19.6 Å². The summed E-state index contributed by atoms with van der Waals surface area (Å²) in [7, 11) is 3.27. The van der Waals surface area contributed by atoms with Crippen LogP contribution in [-0.2, 0) is 9.47 Å². The van der Waals surface area contributed by atoms with E-state index in [1.54, 1.807) is 60.5 Å². The fourth-order valence-electron chi connectivity index (χ4n) is 2.58. The van der Waals surface area contributed by atoms with Crippen molar-refractivity contribution in [3.8, 4) is 0 Å². The van der Waals surface area contributed by atoms with E-state index >= 15 is 0 Å². The van der Waals surface area contributed by atoms with Crippen molar-refractivity contribution in [1.29, 1.82) is 0 Å². The fourth-order valence-corrected chi connectivity index (χ4v) is 2.58. The van der Waals surface area contributed by atoms with Crippen LogP contribution in [0.3, 0.4) is 0 Å². The van der Waals surface area contributed by atoms with Gasteiger partial charge in [-0.2, -0.15) is 0 Å². The Morgan fingerprint density at radius 3 is 1.90 bits per heavy atom. The third-order valence-electron chi connectivity index (χ3n) is 3.59. The Bertz CT molecular complexity index is 636. The minimum absolute atomic E-state index is 0.0848. The van der Waals surface area contributed by atoms with Gasteiger partial charge in [0.2, 0.25) is 5.96 Å². The Morgan fingerprint density at radius 2 is 1.48 bits per heavy atom. The smallest absolute Gasteiger partial charge is 0.437 e. The second-order valence-corrected chi connectivity index (χ2v) is 9.03. The average molecular weight is 414 g/mol. The van der Waals surface area contributed by atoms with Crippen molar-refractivity contribution in [3.05, 3.63) is 0 Å². The summed E-state index contributed by atoms with van der Waals surface area (Å²) in [5.74, 6) is 0.0848. The molecule has 0 aliphatic carbocycles. The molecule has 0 radical (unpaired) electrons. The first-order chi connectivity index (χ1) is 13.1. The maximum absolute atomic E-state index is 12.9. The Hall–Kier alpha value is -2.52. The number of carbonyl (C=O) groups is 3. The van der Waals surface area contributed by atoms with Crippen LogP contribution < -0.4 is 0 Å². The number of aliphatic imine (C=N–C) groups is 1. The average Bonchev–Trinajstić information content (AvgIpc) is 2.52. The molecule has 29 heavy (non-hydrogen) atoms. The van der Waals surface area contributed by atoms with Gasteiger partial charge in [-0.3, -0.25) is 0 Å². The zero-order chi connectivity index (χ0) is 22.6. The number of hydrogen-bond donors (Lipinski definition) is 0. The number of ether oxygens (including phenoxy) is 2. The molecule has 1 aliphatic rings. The van der Waals surface area contributed by atoms with Gasteiger partial charge in [0.1, 0.15) is 11.2 Å². The molecule has 0 aromatic carbocycles. The van der Waals surface area contributed by atoms with Gasteiger partial charge < -0.3 is 24.2 Å². The Morgan fingerprint density at radius 1 is 1.00 bits per heavy atom. The van der Waals surface area contributed by atoms with Crippen molar-refractivity contribution < 1.29 is 23.9 Å². The highest BCUT2D eigenvalue weighted by molar-refractivity contribution is 5.99. The first-order valence-electron chi connectivity index (χ1n) is 9.68. The number of guanidine groups is 1. The van der Waals surface area contributed by atoms with Crippen LogP contribution in [0.5, 0.6) is 0 Å². The molecule has 10 nitrogen and oxygen atoms in total. The molecule has 1 aliphatic heterocycles.